The highest BCUT2D eigenvalue weighted by Crippen LogP contribution is 2.30. The average molecular weight is 435 g/mol. The van der Waals surface area contributed by atoms with E-state index >= 15 is 0 Å². The van der Waals surface area contributed by atoms with E-state index in [1.807, 2.05) is 12.3 Å². The van der Waals surface area contributed by atoms with Gasteiger partial charge in [0.1, 0.15) is 11.6 Å². The van der Waals surface area contributed by atoms with E-state index in [0.717, 1.165) is 54.2 Å². The Morgan fingerprint density at radius 1 is 0.970 bits per heavy atom. The van der Waals surface area contributed by atoms with Crippen LogP contribution in [0, 0.1) is 6.92 Å². The van der Waals surface area contributed by atoms with Crippen LogP contribution in [0.15, 0.2) is 72.9 Å². The number of benzene rings is 3. The topological polar surface area (TPSA) is 67.7 Å². The standard InChI is InChI=1S/C27H26N6/c1-18-8-11-23-24(15-18)33(25-12-14-29-27(32-25)30-22-7-4-13-28-17-22)26(31-23)21-10-9-19-5-2-3-6-20(19)16-21/h2-3,5-6,8-12,14-16,22,28H,4,7,13,17H2,1H3,(H,29,30,32)/t22-/m0/s1. The molecule has 1 fully saturated rings. The highest BCUT2D eigenvalue weighted by atomic mass is 15.2. The second-order valence-electron chi connectivity index (χ2n) is 8.75. The Kier molecular flexibility index (Phi) is 5.00. The zero-order valence-corrected chi connectivity index (χ0v) is 18.6. The lowest BCUT2D eigenvalue weighted by Crippen LogP contribution is -2.38. The predicted octanol–water partition coefficient (Wildman–Crippen LogP) is 5.11. The first kappa shape index (κ1) is 19.9. The van der Waals surface area contributed by atoms with Crippen molar-refractivity contribution in [1.29, 1.82) is 0 Å². The molecular weight excluding hydrogens is 408 g/mol. The van der Waals surface area contributed by atoms with E-state index in [1.54, 1.807) is 0 Å². The lowest BCUT2D eigenvalue weighted by molar-refractivity contribution is 0.478. The Labute approximate surface area is 192 Å². The van der Waals surface area contributed by atoms with Crippen LogP contribution in [0.25, 0.3) is 39.0 Å². The second kappa shape index (κ2) is 8.30. The Morgan fingerprint density at radius 3 is 2.76 bits per heavy atom. The highest BCUT2D eigenvalue weighted by Gasteiger charge is 2.18. The van der Waals surface area contributed by atoms with Gasteiger partial charge >= 0.3 is 0 Å². The lowest BCUT2D eigenvalue weighted by Gasteiger charge is -2.23. The summed E-state index contributed by atoms with van der Waals surface area (Å²) in [6.45, 7) is 4.12. The average Bonchev–Trinajstić information content (AvgIpc) is 3.23. The summed E-state index contributed by atoms with van der Waals surface area (Å²) in [5.74, 6) is 2.35. The minimum Gasteiger partial charge on any atom is -0.350 e. The van der Waals surface area contributed by atoms with Gasteiger partial charge in [-0.2, -0.15) is 4.98 Å². The molecule has 164 valence electrons. The van der Waals surface area contributed by atoms with Gasteiger partial charge in [0, 0.05) is 24.3 Å². The first-order valence-corrected chi connectivity index (χ1v) is 11.5. The Balaban J connectivity index is 1.49. The van der Waals surface area contributed by atoms with Crippen molar-refractivity contribution in [3.8, 4) is 17.2 Å². The van der Waals surface area contributed by atoms with Crippen molar-refractivity contribution >= 4 is 27.8 Å². The second-order valence-corrected chi connectivity index (χ2v) is 8.75. The molecule has 33 heavy (non-hydrogen) atoms. The Bertz CT molecular complexity index is 1450. The van der Waals surface area contributed by atoms with Crippen molar-refractivity contribution in [2.45, 2.75) is 25.8 Å². The number of fused-ring (bicyclic) bond motifs is 2. The molecule has 6 heteroatoms. The van der Waals surface area contributed by atoms with Crippen LogP contribution >= 0.6 is 0 Å². The summed E-state index contributed by atoms with van der Waals surface area (Å²) in [7, 11) is 0. The predicted molar refractivity (Wildman–Crippen MR) is 134 cm³/mol. The van der Waals surface area contributed by atoms with E-state index in [4.69, 9.17) is 9.97 Å². The number of hydrogen-bond acceptors (Lipinski definition) is 5. The molecule has 1 saturated heterocycles. The Morgan fingerprint density at radius 2 is 1.88 bits per heavy atom. The van der Waals surface area contributed by atoms with Crippen LogP contribution in [0.5, 0.6) is 0 Å². The summed E-state index contributed by atoms with van der Waals surface area (Å²) >= 11 is 0. The fraction of sp³-hybridized carbons (Fsp3) is 0.222. The molecule has 0 bridgehead atoms. The van der Waals surface area contributed by atoms with Crippen LogP contribution in [0.2, 0.25) is 0 Å². The van der Waals surface area contributed by atoms with Gasteiger partial charge in [-0.3, -0.25) is 4.57 Å². The molecule has 0 aliphatic carbocycles. The smallest absolute Gasteiger partial charge is 0.224 e. The maximum Gasteiger partial charge on any atom is 0.224 e. The molecule has 3 heterocycles. The third kappa shape index (κ3) is 3.83. The zero-order valence-electron chi connectivity index (χ0n) is 18.6. The highest BCUT2D eigenvalue weighted by molar-refractivity contribution is 5.89. The van der Waals surface area contributed by atoms with Gasteiger partial charge in [0.15, 0.2) is 0 Å². The van der Waals surface area contributed by atoms with Crippen molar-refractivity contribution in [1.82, 2.24) is 24.8 Å². The molecule has 6 nitrogen and oxygen atoms in total. The summed E-state index contributed by atoms with van der Waals surface area (Å²) in [5, 5.41) is 9.36. The van der Waals surface area contributed by atoms with E-state index in [9.17, 15) is 0 Å². The van der Waals surface area contributed by atoms with Gasteiger partial charge in [-0.25, -0.2) is 9.97 Å². The zero-order chi connectivity index (χ0) is 22.2. The number of piperidine rings is 1. The molecule has 0 saturated carbocycles. The number of aryl methyl sites for hydroxylation is 1. The maximum absolute atomic E-state index is 5.02. The van der Waals surface area contributed by atoms with Crippen molar-refractivity contribution in [3.05, 3.63) is 78.5 Å². The number of nitrogens with zero attached hydrogens (tertiary/aromatic N) is 4. The lowest BCUT2D eigenvalue weighted by atomic mass is 10.1. The number of aromatic nitrogens is 4. The molecule has 1 aliphatic rings. The summed E-state index contributed by atoms with van der Waals surface area (Å²) in [6, 6.07) is 23.6. The van der Waals surface area contributed by atoms with Gasteiger partial charge in [-0.15, -0.1) is 0 Å². The van der Waals surface area contributed by atoms with Crippen LogP contribution < -0.4 is 10.6 Å². The monoisotopic (exact) mass is 434 g/mol. The van der Waals surface area contributed by atoms with Crippen LogP contribution in [-0.2, 0) is 0 Å². The van der Waals surface area contributed by atoms with E-state index < -0.39 is 0 Å². The van der Waals surface area contributed by atoms with Crippen molar-refractivity contribution in [3.63, 3.8) is 0 Å². The van der Waals surface area contributed by atoms with Crippen molar-refractivity contribution in [2.75, 3.05) is 18.4 Å². The fourth-order valence-corrected chi connectivity index (χ4v) is 4.64. The Hall–Kier alpha value is -3.77. The summed E-state index contributed by atoms with van der Waals surface area (Å²) in [5.41, 5.74) is 4.25. The molecule has 1 atom stereocenters. The third-order valence-electron chi connectivity index (χ3n) is 6.32. The van der Waals surface area contributed by atoms with E-state index in [2.05, 4.69) is 87.8 Å². The number of imidazole rings is 1. The molecule has 0 unspecified atom stereocenters. The normalized spacial score (nSPS) is 16.3. The number of rotatable bonds is 4. The number of anilines is 1. The van der Waals surface area contributed by atoms with Crippen molar-refractivity contribution < 1.29 is 0 Å². The summed E-state index contributed by atoms with van der Waals surface area (Å²) in [4.78, 5) is 14.4. The molecule has 3 aromatic carbocycles. The van der Waals surface area contributed by atoms with E-state index in [1.165, 1.54) is 16.3 Å². The van der Waals surface area contributed by atoms with Gasteiger partial charge in [-0.1, -0.05) is 42.5 Å². The molecule has 6 rings (SSSR count). The van der Waals surface area contributed by atoms with Crippen LogP contribution in [0.3, 0.4) is 0 Å². The molecule has 2 N–H and O–H groups in total. The fourth-order valence-electron chi connectivity index (χ4n) is 4.64. The van der Waals surface area contributed by atoms with Crippen molar-refractivity contribution in [2.24, 2.45) is 0 Å². The molecule has 0 spiro atoms. The first-order valence-electron chi connectivity index (χ1n) is 11.5. The van der Waals surface area contributed by atoms with Gasteiger partial charge in [0.05, 0.1) is 11.0 Å². The first-order chi connectivity index (χ1) is 16.2. The molecule has 5 aromatic rings. The van der Waals surface area contributed by atoms with Crippen LogP contribution in [0.1, 0.15) is 18.4 Å². The number of hydrogen-bond donors (Lipinski definition) is 2. The number of nitrogens with one attached hydrogen (secondary N) is 2. The molecule has 1 aliphatic heterocycles. The van der Waals surface area contributed by atoms with Crippen LogP contribution in [0.4, 0.5) is 5.95 Å². The maximum atomic E-state index is 5.02. The molecule has 0 radical (unpaired) electrons. The molecule has 2 aromatic heterocycles. The van der Waals surface area contributed by atoms with E-state index in [0.29, 0.717) is 12.0 Å². The van der Waals surface area contributed by atoms with Gasteiger partial charge < -0.3 is 10.6 Å². The summed E-state index contributed by atoms with van der Waals surface area (Å²) < 4.78 is 2.15. The van der Waals surface area contributed by atoms with Gasteiger partial charge in [-0.05, 0) is 66.9 Å². The van der Waals surface area contributed by atoms with E-state index in [-0.39, 0.29) is 0 Å². The largest absolute Gasteiger partial charge is 0.350 e. The minimum atomic E-state index is 0.343. The summed E-state index contributed by atoms with van der Waals surface area (Å²) in [6.07, 6.45) is 4.11. The molecular formula is C27H26N6. The van der Waals surface area contributed by atoms with Gasteiger partial charge in [0.25, 0.3) is 0 Å². The third-order valence-corrected chi connectivity index (χ3v) is 6.32. The SMILES string of the molecule is Cc1ccc2nc(-c3ccc4ccccc4c3)n(-c3ccnc(N[C@H]4CCCNC4)n3)c2c1. The minimum absolute atomic E-state index is 0.343. The van der Waals surface area contributed by atoms with Crippen LogP contribution in [-0.4, -0.2) is 38.7 Å². The molecule has 0 amide bonds. The quantitative estimate of drug-likeness (QED) is 0.412. The van der Waals surface area contributed by atoms with Gasteiger partial charge in [0.2, 0.25) is 5.95 Å².